The third-order valence-electron chi connectivity index (χ3n) is 5.90. The van der Waals surface area contributed by atoms with Crippen LogP contribution in [0.2, 0.25) is 0 Å². The van der Waals surface area contributed by atoms with Crippen LogP contribution in [0.1, 0.15) is 61.3 Å². The van der Waals surface area contributed by atoms with Crippen molar-refractivity contribution in [2.24, 2.45) is 4.99 Å². The number of amides is 1. The molecule has 2 aromatic carbocycles. The first-order valence-electron chi connectivity index (χ1n) is 11.4. The van der Waals surface area contributed by atoms with Crippen molar-refractivity contribution >= 4 is 35.8 Å². The van der Waals surface area contributed by atoms with Crippen LogP contribution >= 0.6 is 24.0 Å². The molecule has 2 N–H and O–H groups in total. The van der Waals surface area contributed by atoms with Crippen molar-refractivity contribution in [2.75, 3.05) is 20.1 Å². The van der Waals surface area contributed by atoms with Crippen LogP contribution in [0.25, 0.3) is 0 Å². The third kappa shape index (κ3) is 7.80. The molecule has 0 aromatic heterocycles. The molecular formula is C26H37IN4O. The Balaban J connectivity index is 0.00000363. The highest BCUT2D eigenvalue weighted by Gasteiger charge is 2.20. The number of rotatable bonds is 9. The third-order valence-corrected chi connectivity index (χ3v) is 5.90. The molecule has 1 heterocycles. The lowest BCUT2D eigenvalue weighted by molar-refractivity contribution is -0.128. The number of carbonyl (C=O) groups is 1. The van der Waals surface area contributed by atoms with E-state index >= 15 is 0 Å². The van der Waals surface area contributed by atoms with Crippen molar-refractivity contribution < 1.29 is 4.79 Å². The summed E-state index contributed by atoms with van der Waals surface area (Å²) in [6.45, 7) is 7.57. The fraction of sp³-hybridized carbons (Fsp3) is 0.462. The minimum Gasteiger partial charge on any atom is -0.356 e. The van der Waals surface area contributed by atoms with Gasteiger partial charge in [0.2, 0.25) is 5.91 Å². The van der Waals surface area contributed by atoms with Gasteiger partial charge in [-0.1, -0.05) is 62.4 Å². The Bertz CT molecular complexity index is 880. The Morgan fingerprint density at radius 2 is 1.78 bits per heavy atom. The topological polar surface area (TPSA) is 56.7 Å². The van der Waals surface area contributed by atoms with Crippen LogP contribution in [0.4, 0.5) is 0 Å². The summed E-state index contributed by atoms with van der Waals surface area (Å²) in [5, 5.41) is 6.83. The predicted octanol–water partition coefficient (Wildman–Crippen LogP) is 4.85. The number of aliphatic imine (C=N–C) groups is 1. The zero-order chi connectivity index (χ0) is 22.1. The summed E-state index contributed by atoms with van der Waals surface area (Å²) in [7, 11) is 1.80. The minimum absolute atomic E-state index is 0. The molecule has 0 aliphatic carbocycles. The first-order chi connectivity index (χ1) is 15.1. The smallest absolute Gasteiger partial charge is 0.222 e. The molecule has 6 heteroatoms. The van der Waals surface area contributed by atoms with Crippen LogP contribution in [-0.2, 0) is 24.3 Å². The van der Waals surface area contributed by atoms with Crippen LogP contribution in [-0.4, -0.2) is 36.9 Å². The molecule has 5 nitrogen and oxygen atoms in total. The van der Waals surface area contributed by atoms with Crippen molar-refractivity contribution in [3.05, 3.63) is 70.8 Å². The van der Waals surface area contributed by atoms with Gasteiger partial charge in [0, 0.05) is 39.6 Å². The number of hydrogen-bond acceptors (Lipinski definition) is 2. The van der Waals surface area contributed by atoms with Crippen LogP contribution in [0.5, 0.6) is 0 Å². The van der Waals surface area contributed by atoms with E-state index in [0.29, 0.717) is 25.4 Å². The van der Waals surface area contributed by atoms with Crippen molar-refractivity contribution in [1.82, 2.24) is 15.5 Å². The van der Waals surface area contributed by atoms with Crippen LogP contribution < -0.4 is 10.6 Å². The van der Waals surface area contributed by atoms with Gasteiger partial charge in [0.25, 0.3) is 0 Å². The Kier molecular flexibility index (Phi) is 11.0. The number of likely N-dealkylation sites (tertiary alicyclic amines) is 1. The molecule has 0 spiro atoms. The van der Waals surface area contributed by atoms with E-state index in [2.05, 4.69) is 65.9 Å². The lowest BCUT2D eigenvalue weighted by Crippen LogP contribution is -2.37. The highest BCUT2D eigenvalue weighted by molar-refractivity contribution is 14.0. The molecule has 0 bridgehead atoms. The summed E-state index contributed by atoms with van der Waals surface area (Å²) >= 11 is 0. The fourth-order valence-electron chi connectivity index (χ4n) is 3.93. The van der Waals surface area contributed by atoms with Crippen LogP contribution in [0.15, 0.2) is 53.5 Å². The summed E-state index contributed by atoms with van der Waals surface area (Å²) in [6.07, 6.45) is 3.75. The van der Waals surface area contributed by atoms with E-state index in [9.17, 15) is 4.79 Å². The fourth-order valence-corrected chi connectivity index (χ4v) is 3.93. The average Bonchev–Trinajstić information content (AvgIpc) is 3.19. The van der Waals surface area contributed by atoms with E-state index in [1.807, 2.05) is 17.0 Å². The van der Waals surface area contributed by atoms with Crippen LogP contribution in [0.3, 0.4) is 0 Å². The number of guanidine groups is 1. The SMILES string of the molecule is CN=C(NCCCc1ccc(C(C)C)cc1)NCc1ccccc1CN1CCCC1=O.I. The van der Waals surface area contributed by atoms with E-state index in [1.165, 1.54) is 22.3 Å². The average molecular weight is 549 g/mol. The maximum Gasteiger partial charge on any atom is 0.222 e. The number of nitrogens with one attached hydrogen (secondary N) is 2. The molecule has 3 rings (SSSR count). The largest absolute Gasteiger partial charge is 0.356 e. The zero-order valence-electron chi connectivity index (χ0n) is 19.6. The van der Waals surface area contributed by atoms with Gasteiger partial charge in [-0.2, -0.15) is 0 Å². The Labute approximate surface area is 210 Å². The molecule has 0 atom stereocenters. The molecule has 1 fully saturated rings. The summed E-state index contributed by atoms with van der Waals surface area (Å²) < 4.78 is 0. The van der Waals surface area contributed by atoms with Gasteiger partial charge in [-0.25, -0.2) is 0 Å². The summed E-state index contributed by atoms with van der Waals surface area (Å²) in [5.41, 5.74) is 5.17. The van der Waals surface area contributed by atoms with Crippen molar-refractivity contribution in [3.63, 3.8) is 0 Å². The van der Waals surface area contributed by atoms with E-state index in [1.54, 1.807) is 7.05 Å². The lowest BCUT2D eigenvalue weighted by Gasteiger charge is -2.19. The summed E-state index contributed by atoms with van der Waals surface area (Å²) in [4.78, 5) is 18.3. The molecule has 1 aliphatic rings. The maximum absolute atomic E-state index is 12.0. The molecule has 174 valence electrons. The lowest BCUT2D eigenvalue weighted by atomic mass is 10.0. The standard InChI is InChI=1S/C26H36N4O.HI/c1-20(2)22-14-12-21(13-15-22)8-6-16-28-26(27-3)29-18-23-9-4-5-10-24(23)19-30-17-7-11-25(30)31;/h4-5,9-10,12-15,20H,6-8,11,16-19H2,1-3H3,(H2,27,28,29);1H. The van der Waals surface area contributed by atoms with Crippen LogP contribution in [0, 0.1) is 0 Å². The molecular weight excluding hydrogens is 511 g/mol. The van der Waals surface area contributed by atoms with Gasteiger partial charge in [-0.15, -0.1) is 24.0 Å². The highest BCUT2D eigenvalue weighted by Crippen LogP contribution is 2.17. The summed E-state index contributed by atoms with van der Waals surface area (Å²) in [5.74, 6) is 1.65. The van der Waals surface area contributed by atoms with E-state index in [0.717, 1.165) is 38.3 Å². The monoisotopic (exact) mass is 548 g/mol. The normalized spacial score (nSPS) is 13.9. The first kappa shape index (κ1) is 26.2. The molecule has 1 saturated heterocycles. The van der Waals surface area contributed by atoms with Crippen molar-refractivity contribution in [2.45, 2.75) is 58.5 Å². The number of carbonyl (C=O) groups excluding carboxylic acids is 1. The van der Waals surface area contributed by atoms with Gasteiger partial charge < -0.3 is 15.5 Å². The van der Waals surface area contributed by atoms with E-state index < -0.39 is 0 Å². The molecule has 32 heavy (non-hydrogen) atoms. The van der Waals surface area contributed by atoms with Crippen molar-refractivity contribution in [3.8, 4) is 0 Å². The molecule has 1 amide bonds. The Morgan fingerprint density at radius 1 is 1.06 bits per heavy atom. The van der Waals surface area contributed by atoms with Gasteiger partial charge >= 0.3 is 0 Å². The number of halogens is 1. The maximum atomic E-state index is 12.0. The minimum atomic E-state index is 0. The zero-order valence-corrected chi connectivity index (χ0v) is 21.9. The number of hydrogen-bond donors (Lipinski definition) is 2. The molecule has 1 aliphatic heterocycles. The molecule has 0 radical (unpaired) electrons. The second-order valence-corrected chi connectivity index (χ2v) is 8.54. The number of nitrogens with zero attached hydrogens (tertiary/aromatic N) is 2. The van der Waals surface area contributed by atoms with Gasteiger partial charge in [-0.3, -0.25) is 9.79 Å². The number of benzene rings is 2. The Hall–Kier alpha value is -2.09. The first-order valence-corrected chi connectivity index (χ1v) is 11.4. The molecule has 0 saturated carbocycles. The second-order valence-electron chi connectivity index (χ2n) is 8.54. The van der Waals surface area contributed by atoms with Crippen molar-refractivity contribution in [1.29, 1.82) is 0 Å². The number of aryl methyl sites for hydroxylation is 1. The quantitative estimate of drug-likeness (QED) is 0.204. The van der Waals surface area contributed by atoms with Gasteiger partial charge in [-0.05, 0) is 47.4 Å². The summed E-state index contributed by atoms with van der Waals surface area (Å²) in [6, 6.07) is 17.3. The second kappa shape index (κ2) is 13.5. The van der Waals surface area contributed by atoms with Gasteiger partial charge in [0.15, 0.2) is 5.96 Å². The van der Waals surface area contributed by atoms with Gasteiger partial charge in [0.1, 0.15) is 0 Å². The van der Waals surface area contributed by atoms with E-state index in [4.69, 9.17) is 0 Å². The van der Waals surface area contributed by atoms with E-state index in [-0.39, 0.29) is 29.9 Å². The highest BCUT2D eigenvalue weighted by atomic mass is 127. The Morgan fingerprint density at radius 3 is 2.41 bits per heavy atom. The molecule has 0 unspecified atom stereocenters. The van der Waals surface area contributed by atoms with Gasteiger partial charge in [0.05, 0.1) is 0 Å². The molecule has 2 aromatic rings. The predicted molar refractivity (Wildman–Crippen MR) is 144 cm³/mol.